The molecule has 0 saturated heterocycles. The van der Waals surface area contributed by atoms with Crippen LogP contribution in [0, 0.1) is 0 Å². The third kappa shape index (κ3) is 17.9. The van der Waals surface area contributed by atoms with Gasteiger partial charge in [-0.3, -0.25) is 0 Å². The minimum atomic E-state index is 0.358. The molecule has 0 aromatic carbocycles. The van der Waals surface area contributed by atoms with Crippen molar-refractivity contribution in [3.8, 4) is 0 Å². The van der Waals surface area contributed by atoms with Gasteiger partial charge in [-0.15, -0.1) is 0 Å². The van der Waals surface area contributed by atoms with E-state index in [-0.39, 0.29) is 0 Å². The van der Waals surface area contributed by atoms with Gasteiger partial charge in [-0.05, 0) is 13.5 Å². The van der Waals surface area contributed by atoms with Gasteiger partial charge < -0.3 is 11.1 Å². The maximum Gasteiger partial charge on any atom is 0.0165 e. The lowest BCUT2D eigenvalue weighted by Crippen LogP contribution is -2.31. The molecule has 0 aliphatic rings. The smallest absolute Gasteiger partial charge is 0.0165 e. The van der Waals surface area contributed by atoms with Crippen molar-refractivity contribution < 1.29 is 0 Å². The summed E-state index contributed by atoms with van der Waals surface area (Å²) in [7, 11) is 1.95. The van der Waals surface area contributed by atoms with Crippen LogP contribution in [0.4, 0.5) is 0 Å². The fraction of sp³-hybridized carbons (Fsp3) is 1.00. The summed E-state index contributed by atoms with van der Waals surface area (Å²) < 4.78 is 0. The van der Waals surface area contributed by atoms with E-state index in [2.05, 4.69) is 26.1 Å². The highest BCUT2D eigenvalue weighted by Gasteiger charge is 1.98. The van der Waals surface area contributed by atoms with Crippen LogP contribution in [0.1, 0.15) is 59.3 Å². The van der Waals surface area contributed by atoms with Crippen molar-refractivity contribution in [2.45, 2.75) is 65.3 Å². The SMILES string of the molecule is CCC.CCCCCCC(N)CNC. The van der Waals surface area contributed by atoms with Crippen molar-refractivity contribution in [2.75, 3.05) is 13.6 Å². The number of likely N-dealkylation sites (N-methyl/N-ethyl adjacent to an activating group) is 1. The van der Waals surface area contributed by atoms with E-state index in [1.54, 1.807) is 0 Å². The molecule has 88 valence electrons. The van der Waals surface area contributed by atoms with Crippen LogP contribution in [-0.2, 0) is 0 Å². The molecular weight excluding hydrogens is 172 g/mol. The van der Waals surface area contributed by atoms with E-state index in [1.807, 2.05) is 7.05 Å². The number of hydrogen-bond acceptors (Lipinski definition) is 2. The van der Waals surface area contributed by atoms with Crippen molar-refractivity contribution in [2.24, 2.45) is 5.73 Å². The average molecular weight is 202 g/mol. The molecule has 0 radical (unpaired) electrons. The molecule has 0 rings (SSSR count). The van der Waals surface area contributed by atoms with Crippen molar-refractivity contribution >= 4 is 0 Å². The van der Waals surface area contributed by atoms with Gasteiger partial charge in [0.05, 0.1) is 0 Å². The first-order valence-corrected chi connectivity index (χ1v) is 6.12. The Morgan fingerprint density at radius 2 is 1.64 bits per heavy atom. The van der Waals surface area contributed by atoms with E-state index in [0.717, 1.165) is 6.54 Å². The van der Waals surface area contributed by atoms with Crippen LogP contribution in [0.15, 0.2) is 0 Å². The Morgan fingerprint density at radius 1 is 1.07 bits per heavy atom. The minimum Gasteiger partial charge on any atom is -0.327 e. The third-order valence-corrected chi connectivity index (χ3v) is 1.89. The van der Waals surface area contributed by atoms with Gasteiger partial charge in [-0.1, -0.05) is 52.9 Å². The predicted octanol–water partition coefficient (Wildman–Crippen LogP) is 2.92. The van der Waals surface area contributed by atoms with E-state index in [1.165, 1.54) is 38.5 Å². The predicted molar refractivity (Wildman–Crippen MR) is 66.6 cm³/mol. The number of nitrogens with two attached hydrogens (primary N) is 1. The van der Waals surface area contributed by atoms with Gasteiger partial charge in [0, 0.05) is 12.6 Å². The molecule has 0 amide bonds. The highest BCUT2D eigenvalue weighted by atomic mass is 14.9. The minimum absolute atomic E-state index is 0.358. The van der Waals surface area contributed by atoms with E-state index < -0.39 is 0 Å². The van der Waals surface area contributed by atoms with Gasteiger partial charge in [-0.2, -0.15) is 0 Å². The summed E-state index contributed by atoms with van der Waals surface area (Å²) in [5, 5.41) is 3.08. The maximum absolute atomic E-state index is 5.80. The fourth-order valence-electron chi connectivity index (χ4n) is 1.20. The second kappa shape index (κ2) is 15.4. The molecule has 2 heteroatoms. The molecule has 1 unspecified atom stereocenters. The Labute approximate surface area is 90.6 Å². The molecule has 0 aromatic heterocycles. The number of nitrogens with one attached hydrogen (secondary N) is 1. The van der Waals surface area contributed by atoms with Gasteiger partial charge in [0.2, 0.25) is 0 Å². The van der Waals surface area contributed by atoms with E-state index in [4.69, 9.17) is 5.73 Å². The van der Waals surface area contributed by atoms with Gasteiger partial charge in [0.15, 0.2) is 0 Å². The summed E-state index contributed by atoms with van der Waals surface area (Å²) >= 11 is 0. The number of hydrogen-bond donors (Lipinski definition) is 2. The van der Waals surface area contributed by atoms with E-state index in [9.17, 15) is 0 Å². The number of rotatable bonds is 7. The third-order valence-electron chi connectivity index (χ3n) is 1.89. The summed E-state index contributed by atoms with van der Waals surface area (Å²) in [6.07, 6.45) is 7.71. The first-order chi connectivity index (χ1) is 6.72. The summed E-state index contributed by atoms with van der Waals surface area (Å²) in [5.74, 6) is 0. The van der Waals surface area contributed by atoms with Crippen LogP contribution in [-0.4, -0.2) is 19.6 Å². The summed E-state index contributed by atoms with van der Waals surface area (Å²) in [5.41, 5.74) is 5.80. The first-order valence-electron chi connectivity index (χ1n) is 6.12. The number of unbranched alkanes of at least 4 members (excludes halogenated alkanes) is 3. The van der Waals surface area contributed by atoms with Crippen LogP contribution in [0.25, 0.3) is 0 Å². The normalized spacial score (nSPS) is 11.8. The summed E-state index contributed by atoms with van der Waals surface area (Å²) in [6.45, 7) is 7.43. The lowest BCUT2D eigenvalue weighted by molar-refractivity contribution is 0.528. The van der Waals surface area contributed by atoms with Crippen LogP contribution in [0.5, 0.6) is 0 Å². The molecule has 1 atom stereocenters. The molecule has 0 fully saturated rings. The Morgan fingerprint density at radius 3 is 2.07 bits per heavy atom. The van der Waals surface area contributed by atoms with Crippen LogP contribution in [0.3, 0.4) is 0 Å². The van der Waals surface area contributed by atoms with Gasteiger partial charge in [0.25, 0.3) is 0 Å². The highest BCUT2D eigenvalue weighted by molar-refractivity contribution is 4.62. The van der Waals surface area contributed by atoms with E-state index in [0.29, 0.717) is 6.04 Å². The second-order valence-corrected chi connectivity index (χ2v) is 3.87. The zero-order valence-electron chi connectivity index (χ0n) is 10.6. The van der Waals surface area contributed by atoms with Crippen molar-refractivity contribution in [3.05, 3.63) is 0 Å². The monoisotopic (exact) mass is 202 g/mol. The second-order valence-electron chi connectivity index (χ2n) is 3.87. The van der Waals surface area contributed by atoms with Crippen LogP contribution >= 0.6 is 0 Å². The molecule has 0 aromatic rings. The summed E-state index contributed by atoms with van der Waals surface area (Å²) in [4.78, 5) is 0. The van der Waals surface area contributed by atoms with E-state index >= 15 is 0 Å². The summed E-state index contributed by atoms with van der Waals surface area (Å²) in [6, 6.07) is 0.358. The molecule has 0 saturated carbocycles. The van der Waals surface area contributed by atoms with Crippen molar-refractivity contribution in [1.29, 1.82) is 0 Å². The molecule has 0 aliphatic carbocycles. The standard InChI is InChI=1S/C9H22N2.C3H8/c1-3-4-5-6-7-9(10)8-11-2;1-3-2/h9,11H,3-8,10H2,1-2H3;3H2,1-2H3. The quantitative estimate of drug-likeness (QED) is 0.623. The molecule has 0 spiro atoms. The Kier molecular flexibility index (Phi) is 18.0. The zero-order chi connectivity index (χ0) is 11.2. The van der Waals surface area contributed by atoms with Crippen molar-refractivity contribution in [1.82, 2.24) is 5.32 Å². The zero-order valence-corrected chi connectivity index (χ0v) is 10.6. The molecule has 3 N–H and O–H groups in total. The van der Waals surface area contributed by atoms with Gasteiger partial charge in [0.1, 0.15) is 0 Å². The Balaban J connectivity index is 0. The lowest BCUT2D eigenvalue weighted by Gasteiger charge is -2.09. The van der Waals surface area contributed by atoms with Crippen LogP contribution < -0.4 is 11.1 Å². The molecule has 0 aliphatic heterocycles. The Hall–Kier alpha value is -0.0800. The largest absolute Gasteiger partial charge is 0.327 e. The molecule has 0 heterocycles. The average Bonchev–Trinajstić information content (AvgIpc) is 2.14. The first kappa shape index (κ1) is 16.4. The van der Waals surface area contributed by atoms with Gasteiger partial charge in [-0.25, -0.2) is 0 Å². The Bertz CT molecular complexity index is 84.4. The molecular formula is C12H30N2. The molecule has 0 bridgehead atoms. The highest BCUT2D eigenvalue weighted by Crippen LogP contribution is 2.03. The topological polar surface area (TPSA) is 38.0 Å². The fourth-order valence-corrected chi connectivity index (χ4v) is 1.20. The lowest BCUT2D eigenvalue weighted by atomic mass is 10.1. The van der Waals surface area contributed by atoms with Gasteiger partial charge >= 0.3 is 0 Å². The maximum atomic E-state index is 5.80. The molecule has 14 heavy (non-hydrogen) atoms. The van der Waals surface area contributed by atoms with Crippen LogP contribution in [0.2, 0.25) is 0 Å². The van der Waals surface area contributed by atoms with Crippen molar-refractivity contribution in [3.63, 3.8) is 0 Å². The molecule has 2 nitrogen and oxygen atoms in total.